The molecule has 3 atom stereocenters. The first kappa shape index (κ1) is 20.4. The Bertz CT molecular complexity index is 262. The lowest BCUT2D eigenvalue weighted by Gasteiger charge is -2.20. The molecule has 0 aromatic carbocycles. The summed E-state index contributed by atoms with van der Waals surface area (Å²) in [6, 6.07) is 0. The highest BCUT2D eigenvalue weighted by molar-refractivity contribution is 4.82. The lowest BCUT2D eigenvalue weighted by molar-refractivity contribution is 0.0430. The molecule has 4 heteroatoms. The number of rotatable bonds is 14. The predicted molar refractivity (Wildman–Crippen MR) is 84.7 cm³/mol. The van der Waals surface area contributed by atoms with Gasteiger partial charge in [-0.1, -0.05) is 32.1 Å². The second-order valence-electron chi connectivity index (χ2n) is 5.87. The van der Waals surface area contributed by atoms with Gasteiger partial charge in [0.25, 0.3) is 0 Å². The van der Waals surface area contributed by atoms with Crippen LogP contribution in [0.5, 0.6) is 0 Å². The van der Waals surface area contributed by atoms with Crippen molar-refractivity contribution in [3.8, 4) is 12.3 Å². The Morgan fingerprint density at radius 1 is 0.762 bits per heavy atom. The highest BCUT2D eigenvalue weighted by atomic mass is 16.3. The standard InChI is InChI=1S/C17H32O4/c1-2-3-4-5-6-7-8-9-10-16(20)11-15(13-18)12-17(21)14-19/h1,15-21H,3-14H2/t15-,16-,17+/m1/s1. The summed E-state index contributed by atoms with van der Waals surface area (Å²) in [5, 5.41) is 37.3. The van der Waals surface area contributed by atoms with Crippen molar-refractivity contribution in [2.24, 2.45) is 5.92 Å². The van der Waals surface area contributed by atoms with E-state index in [9.17, 15) is 15.3 Å². The monoisotopic (exact) mass is 300 g/mol. The summed E-state index contributed by atoms with van der Waals surface area (Å²) in [5.74, 6) is 2.49. The third-order valence-corrected chi connectivity index (χ3v) is 3.79. The number of terminal acetylenes is 1. The molecule has 0 aromatic rings. The molecule has 0 spiro atoms. The molecule has 0 aliphatic carbocycles. The molecule has 0 heterocycles. The van der Waals surface area contributed by atoms with Crippen LogP contribution < -0.4 is 0 Å². The Kier molecular flexibility index (Phi) is 13.9. The quantitative estimate of drug-likeness (QED) is 0.291. The van der Waals surface area contributed by atoms with E-state index in [0.717, 1.165) is 32.1 Å². The lowest BCUT2D eigenvalue weighted by atomic mass is 9.93. The molecule has 4 nitrogen and oxygen atoms in total. The van der Waals surface area contributed by atoms with Crippen molar-refractivity contribution >= 4 is 0 Å². The fraction of sp³-hybridized carbons (Fsp3) is 0.882. The largest absolute Gasteiger partial charge is 0.396 e. The van der Waals surface area contributed by atoms with E-state index >= 15 is 0 Å². The van der Waals surface area contributed by atoms with Gasteiger partial charge in [-0.25, -0.2) is 0 Å². The SMILES string of the molecule is C#CCCCCCCCC[C@@H](O)C[C@@H](CO)C[C@H](O)CO. The Hall–Kier alpha value is -0.600. The fourth-order valence-electron chi connectivity index (χ4n) is 2.52. The van der Waals surface area contributed by atoms with E-state index in [2.05, 4.69) is 5.92 Å². The molecule has 0 aliphatic rings. The minimum absolute atomic E-state index is 0.0662. The van der Waals surface area contributed by atoms with Gasteiger partial charge in [0.2, 0.25) is 0 Å². The van der Waals surface area contributed by atoms with Gasteiger partial charge in [-0.15, -0.1) is 12.3 Å². The molecule has 0 unspecified atom stereocenters. The van der Waals surface area contributed by atoms with Crippen molar-refractivity contribution in [2.75, 3.05) is 13.2 Å². The second kappa shape index (κ2) is 14.3. The van der Waals surface area contributed by atoms with Crippen LogP contribution in [0, 0.1) is 18.3 Å². The summed E-state index contributed by atoms with van der Waals surface area (Å²) in [7, 11) is 0. The topological polar surface area (TPSA) is 80.9 Å². The minimum atomic E-state index is -0.808. The van der Waals surface area contributed by atoms with Gasteiger partial charge in [0.05, 0.1) is 18.8 Å². The third kappa shape index (κ3) is 12.8. The Morgan fingerprint density at radius 2 is 1.33 bits per heavy atom. The molecule has 0 fully saturated rings. The first-order valence-corrected chi connectivity index (χ1v) is 8.15. The van der Waals surface area contributed by atoms with Crippen LogP contribution in [-0.4, -0.2) is 45.8 Å². The van der Waals surface area contributed by atoms with Gasteiger partial charge in [-0.05, 0) is 31.6 Å². The normalized spacial score (nSPS) is 15.4. The van der Waals surface area contributed by atoms with Gasteiger partial charge in [0.15, 0.2) is 0 Å². The number of aliphatic hydroxyl groups excluding tert-OH is 4. The fourth-order valence-corrected chi connectivity index (χ4v) is 2.52. The molecule has 0 saturated heterocycles. The summed E-state index contributed by atoms with van der Waals surface area (Å²) < 4.78 is 0. The maximum Gasteiger partial charge on any atom is 0.0774 e. The van der Waals surface area contributed by atoms with Crippen LogP contribution in [0.1, 0.15) is 64.2 Å². The highest BCUT2D eigenvalue weighted by Gasteiger charge is 2.17. The van der Waals surface area contributed by atoms with E-state index in [1.54, 1.807) is 0 Å². The molecule has 0 radical (unpaired) electrons. The molecular weight excluding hydrogens is 268 g/mol. The minimum Gasteiger partial charge on any atom is -0.396 e. The van der Waals surface area contributed by atoms with E-state index < -0.39 is 12.2 Å². The molecular formula is C17H32O4. The average Bonchev–Trinajstić information content (AvgIpc) is 2.49. The van der Waals surface area contributed by atoms with Crippen molar-refractivity contribution in [2.45, 2.75) is 76.4 Å². The molecule has 124 valence electrons. The average molecular weight is 300 g/mol. The summed E-state index contributed by atoms with van der Waals surface area (Å²) in [4.78, 5) is 0. The summed E-state index contributed by atoms with van der Waals surface area (Å²) in [6.45, 7) is -0.366. The van der Waals surface area contributed by atoms with E-state index in [0.29, 0.717) is 12.8 Å². The maximum absolute atomic E-state index is 9.93. The van der Waals surface area contributed by atoms with Crippen molar-refractivity contribution in [1.82, 2.24) is 0 Å². The maximum atomic E-state index is 9.93. The smallest absolute Gasteiger partial charge is 0.0774 e. The second-order valence-corrected chi connectivity index (χ2v) is 5.87. The third-order valence-electron chi connectivity index (χ3n) is 3.79. The summed E-state index contributed by atoms with van der Waals surface area (Å²) >= 11 is 0. The van der Waals surface area contributed by atoms with Crippen LogP contribution >= 0.6 is 0 Å². The Balaban J connectivity index is 3.55. The predicted octanol–water partition coefficient (Wildman–Crippen LogP) is 1.84. The van der Waals surface area contributed by atoms with E-state index in [-0.39, 0.29) is 19.1 Å². The van der Waals surface area contributed by atoms with Gasteiger partial charge in [0.1, 0.15) is 0 Å². The van der Waals surface area contributed by atoms with E-state index in [4.69, 9.17) is 11.5 Å². The molecule has 21 heavy (non-hydrogen) atoms. The zero-order chi connectivity index (χ0) is 15.9. The molecule has 0 amide bonds. The summed E-state index contributed by atoms with van der Waals surface area (Å²) in [6.07, 6.45) is 13.1. The first-order chi connectivity index (χ1) is 10.1. The molecule has 0 saturated carbocycles. The van der Waals surface area contributed by atoms with Crippen LogP contribution in [0.15, 0.2) is 0 Å². The van der Waals surface area contributed by atoms with Crippen LogP contribution in [-0.2, 0) is 0 Å². The zero-order valence-electron chi connectivity index (χ0n) is 13.1. The number of hydrogen-bond acceptors (Lipinski definition) is 4. The van der Waals surface area contributed by atoms with Crippen molar-refractivity contribution in [3.05, 3.63) is 0 Å². The van der Waals surface area contributed by atoms with Crippen LogP contribution in [0.2, 0.25) is 0 Å². The van der Waals surface area contributed by atoms with Gasteiger partial charge in [0, 0.05) is 13.0 Å². The van der Waals surface area contributed by atoms with Gasteiger partial charge in [-0.3, -0.25) is 0 Å². The first-order valence-electron chi connectivity index (χ1n) is 8.15. The summed E-state index contributed by atoms with van der Waals surface area (Å²) in [5.41, 5.74) is 0. The zero-order valence-corrected chi connectivity index (χ0v) is 13.1. The van der Waals surface area contributed by atoms with Crippen LogP contribution in [0.4, 0.5) is 0 Å². The number of unbranched alkanes of at least 4 members (excludes halogenated alkanes) is 6. The molecule has 0 aliphatic heterocycles. The van der Waals surface area contributed by atoms with E-state index in [1.807, 2.05) is 0 Å². The van der Waals surface area contributed by atoms with Gasteiger partial charge >= 0.3 is 0 Å². The number of hydrogen-bond donors (Lipinski definition) is 4. The van der Waals surface area contributed by atoms with E-state index in [1.165, 1.54) is 19.3 Å². The number of aliphatic hydroxyl groups is 4. The van der Waals surface area contributed by atoms with Gasteiger partial charge in [-0.2, -0.15) is 0 Å². The van der Waals surface area contributed by atoms with Crippen molar-refractivity contribution in [1.29, 1.82) is 0 Å². The van der Waals surface area contributed by atoms with Crippen LogP contribution in [0.25, 0.3) is 0 Å². The Labute approximate surface area is 129 Å². The molecule has 0 rings (SSSR count). The van der Waals surface area contributed by atoms with Crippen LogP contribution in [0.3, 0.4) is 0 Å². The molecule has 0 aromatic heterocycles. The Morgan fingerprint density at radius 3 is 1.90 bits per heavy atom. The highest BCUT2D eigenvalue weighted by Crippen LogP contribution is 2.17. The lowest BCUT2D eigenvalue weighted by Crippen LogP contribution is -2.23. The van der Waals surface area contributed by atoms with Gasteiger partial charge < -0.3 is 20.4 Å². The van der Waals surface area contributed by atoms with Crippen molar-refractivity contribution < 1.29 is 20.4 Å². The molecule has 4 N–H and O–H groups in total. The van der Waals surface area contributed by atoms with Crippen molar-refractivity contribution in [3.63, 3.8) is 0 Å². The molecule has 0 bridgehead atoms.